The number of nitrogens with zero attached hydrogens (tertiary/aromatic N) is 2. The molecule has 1 aliphatic rings. The number of hydrogen-bond donors (Lipinski definition) is 0. The lowest BCUT2D eigenvalue weighted by Gasteiger charge is -2.35. The third kappa shape index (κ3) is 4.84. The topological polar surface area (TPSA) is 6.48 Å². The molecule has 0 saturated carbocycles. The van der Waals surface area contributed by atoms with Crippen LogP contribution in [0.5, 0.6) is 0 Å². The van der Waals surface area contributed by atoms with E-state index in [1.165, 1.54) is 16.5 Å². The van der Waals surface area contributed by atoms with E-state index >= 15 is 0 Å². The van der Waals surface area contributed by atoms with E-state index < -0.39 is 11.7 Å². The largest absolute Gasteiger partial charge is 0.416 e. The minimum Gasteiger partial charge on any atom is -0.369 e. The Kier molecular flexibility index (Phi) is 5.51. The number of rotatable bonds is 3. The average Bonchev–Trinajstić information content (AvgIpc) is 2.56. The molecule has 1 heterocycles. The zero-order chi connectivity index (χ0) is 18.0. The molecule has 1 aliphatic heterocycles. The molecule has 134 valence electrons. The molecule has 0 bridgehead atoms. The molecule has 25 heavy (non-hydrogen) atoms. The summed E-state index contributed by atoms with van der Waals surface area (Å²) in [6.07, 6.45) is -4.39. The van der Waals surface area contributed by atoms with Crippen molar-refractivity contribution in [1.82, 2.24) is 4.31 Å². The summed E-state index contributed by atoms with van der Waals surface area (Å²) in [5, 5.41) is 0.112. The van der Waals surface area contributed by atoms with Gasteiger partial charge in [-0.1, -0.05) is 29.3 Å². The van der Waals surface area contributed by atoms with Crippen molar-refractivity contribution in [2.45, 2.75) is 18.0 Å². The van der Waals surface area contributed by atoms with Gasteiger partial charge in [-0.25, -0.2) is 4.31 Å². The van der Waals surface area contributed by atoms with Crippen molar-refractivity contribution in [2.24, 2.45) is 0 Å². The van der Waals surface area contributed by atoms with Gasteiger partial charge in [-0.3, -0.25) is 0 Å². The Hall–Kier alpha value is -1.37. The number of anilines is 1. The number of benzene rings is 2. The summed E-state index contributed by atoms with van der Waals surface area (Å²) in [5.41, 5.74) is 1.04. The van der Waals surface area contributed by atoms with Crippen LogP contribution in [0.25, 0.3) is 0 Å². The first kappa shape index (κ1) is 18.4. The van der Waals surface area contributed by atoms with Crippen LogP contribution in [0.3, 0.4) is 0 Å². The molecule has 2 aromatic rings. The number of hydrogen-bond acceptors (Lipinski definition) is 3. The molecule has 0 unspecified atom stereocenters. The van der Waals surface area contributed by atoms with Crippen molar-refractivity contribution in [1.29, 1.82) is 0 Å². The Balaban J connectivity index is 1.64. The van der Waals surface area contributed by atoms with Crippen LogP contribution in [0, 0.1) is 6.92 Å². The van der Waals surface area contributed by atoms with Crippen molar-refractivity contribution in [3.05, 3.63) is 58.6 Å². The quantitative estimate of drug-likeness (QED) is 0.643. The van der Waals surface area contributed by atoms with E-state index in [1.54, 1.807) is 18.0 Å². The Morgan fingerprint density at radius 1 is 0.960 bits per heavy atom. The van der Waals surface area contributed by atoms with Crippen molar-refractivity contribution in [3.63, 3.8) is 0 Å². The second-order valence-corrected chi connectivity index (χ2v) is 7.62. The summed E-state index contributed by atoms with van der Waals surface area (Å²) in [4.78, 5) is 3.12. The van der Waals surface area contributed by atoms with Gasteiger partial charge in [0.2, 0.25) is 0 Å². The molecule has 2 nitrogen and oxygen atoms in total. The normalized spacial score (nSPS) is 16.3. The lowest BCUT2D eigenvalue weighted by atomic mass is 10.1. The first-order valence-corrected chi connectivity index (χ1v) is 9.09. The third-order valence-corrected chi connectivity index (χ3v) is 5.39. The van der Waals surface area contributed by atoms with Crippen LogP contribution in [0.1, 0.15) is 11.1 Å². The molecule has 1 saturated heterocycles. The molecular formula is C18H18ClF3N2S. The Bertz CT molecular complexity index is 726. The van der Waals surface area contributed by atoms with E-state index in [2.05, 4.69) is 28.6 Å². The fraction of sp³-hybridized carbons (Fsp3) is 0.333. The fourth-order valence-electron chi connectivity index (χ4n) is 2.71. The van der Waals surface area contributed by atoms with E-state index in [0.717, 1.165) is 19.2 Å². The van der Waals surface area contributed by atoms with E-state index in [0.29, 0.717) is 18.8 Å². The number of piperazine rings is 1. The zero-order valence-electron chi connectivity index (χ0n) is 13.7. The van der Waals surface area contributed by atoms with Crippen molar-refractivity contribution < 1.29 is 13.2 Å². The molecule has 0 atom stereocenters. The lowest BCUT2D eigenvalue weighted by Crippen LogP contribution is -2.43. The minimum absolute atomic E-state index is 0.112. The third-order valence-electron chi connectivity index (χ3n) is 4.07. The highest BCUT2D eigenvalue weighted by Crippen LogP contribution is 2.35. The van der Waals surface area contributed by atoms with E-state index in [9.17, 15) is 13.2 Å². The predicted molar refractivity (Wildman–Crippen MR) is 97.3 cm³/mol. The highest BCUT2D eigenvalue weighted by molar-refractivity contribution is 7.97. The van der Waals surface area contributed by atoms with Crippen LogP contribution in [0.15, 0.2) is 47.4 Å². The molecule has 0 amide bonds. The molecule has 3 rings (SSSR count). The maximum Gasteiger partial charge on any atom is 0.416 e. The molecule has 7 heteroatoms. The van der Waals surface area contributed by atoms with E-state index in [-0.39, 0.29) is 5.02 Å². The highest BCUT2D eigenvalue weighted by Gasteiger charge is 2.32. The molecule has 0 radical (unpaired) electrons. The van der Waals surface area contributed by atoms with Crippen LogP contribution in [-0.4, -0.2) is 30.5 Å². The Morgan fingerprint density at radius 2 is 1.60 bits per heavy atom. The van der Waals surface area contributed by atoms with Gasteiger partial charge in [0.15, 0.2) is 0 Å². The number of halogens is 4. The van der Waals surface area contributed by atoms with Gasteiger partial charge in [-0.15, -0.1) is 0 Å². The molecule has 0 aliphatic carbocycles. The van der Waals surface area contributed by atoms with Gasteiger partial charge in [0.05, 0.1) is 5.56 Å². The van der Waals surface area contributed by atoms with Gasteiger partial charge < -0.3 is 4.90 Å². The van der Waals surface area contributed by atoms with Crippen LogP contribution in [0.2, 0.25) is 5.02 Å². The van der Waals surface area contributed by atoms with Crippen molar-refractivity contribution >= 4 is 29.2 Å². The van der Waals surface area contributed by atoms with Gasteiger partial charge in [-0.05, 0) is 49.2 Å². The Labute approximate surface area is 154 Å². The maximum absolute atomic E-state index is 13.0. The lowest BCUT2D eigenvalue weighted by molar-refractivity contribution is -0.137. The zero-order valence-corrected chi connectivity index (χ0v) is 15.3. The second-order valence-electron chi connectivity index (χ2n) is 6.02. The SMILES string of the molecule is Cc1ccc(SN2CCN(c3cc(Cl)cc(C(F)(F)F)c3)CC2)cc1. The van der Waals surface area contributed by atoms with Gasteiger partial charge in [0.1, 0.15) is 0 Å². The Morgan fingerprint density at radius 3 is 2.20 bits per heavy atom. The summed E-state index contributed by atoms with van der Waals surface area (Å²) in [6, 6.07) is 12.0. The highest BCUT2D eigenvalue weighted by atomic mass is 35.5. The number of aryl methyl sites for hydroxylation is 1. The predicted octanol–water partition coefficient (Wildman–Crippen LogP) is 5.50. The maximum atomic E-state index is 13.0. The van der Waals surface area contributed by atoms with Gasteiger partial charge >= 0.3 is 6.18 Å². The molecular weight excluding hydrogens is 369 g/mol. The molecule has 1 fully saturated rings. The molecule has 0 aromatic heterocycles. The van der Waals surface area contributed by atoms with Crippen LogP contribution in [-0.2, 0) is 6.18 Å². The molecule has 0 N–H and O–H groups in total. The van der Waals surface area contributed by atoms with Gasteiger partial charge in [0.25, 0.3) is 0 Å². The second kappa shape index (κ2) is 7.48. The van der Waals surface area contributed by atoms with Crippen molar-refractivity contribution in [2.75, 3.05) is 31.1 Å². The first-order valence-electron chi connectivity index (χ1n) is 7.93. The summed E-state index contributed by atoms with van der Waals surface area (Å²) >= 11 is 7.56. The minimum atomic E-state index is -4.39. The first-order chi connectivity index (χ1) is 11.8. The van der Waals surface area contributed by atoms with E-state index in [4.69, 9.17) is 11.6 Å². The van der Waals surface area contributed by atoms with E-state index in [1.807, 2.05) is 11.8 Å². The number of alkyl halides is 3. The van der Waals surface area contributed by atoms with Crippen LogP contribution >= 0.6 is 23.5 Å². The average molecular weight is 387 g/mol. The monoisotopic (exact) mass is 386 g/mol. The standard InChI is InChI=1S/C18H18ClF3N2S/c1-13-2-4-17(5-3-13)25-24-8-6-23(7-9-24)16-11-14(18(20,21)22)10-15(19)12-16/h2-5,10-12H,6-9H2,1H3. The smallest absolute Gasteiger partial charge is 0.369 e. The molecule has 0 spiro atoms. The fourth-order valence-corrected chi connectivity index (χ4v) is 3.84. The van der Waals surface area contributed by atoms with Crippen LogP contribution in [0.4, 0.5) is 18.9 Å². The van der Waals surface area contributed by atoms with Gasteiger partial charge in [-0.2, -0.15) is 13.2 Å². The van der Waals surface area contributed by atoms with Gasteiger partial charge in [0, 0.05) is 41.8 Å². The summed E-state index contributed by atoms with van der Waals surface area (Å²) in [6.45, 7) is 4.92. The summed E-state index contributed by atoms with van der Waals surface area (Å²) in [7, 11) is 0. The molecule has 2 aromatic carbocycles. The van der Waals surface area contributed by atoms with Crippen LogP contribution < -0.4 is 4.90 Å². The van der Waals surface area contributed by atoms with Crippen molar-refractivity contribution in [3.8, 4) is 0 Å². The summed E-state index contributed by atoms with van der Waals surface area (Å²) in [5.74, 6) is 0. The summed E-state index contributed by atoms with van der Waals surface area (Å²) < 4.78 is 41.1.